The summed E-state index contributed by atoms with van der Waals surface area (Å²) in [5, 5.41) is 6.53. The van der Waals surface area contributed by atoms with E-state index in [2.05, 4.69) is 31.5 Å². The number of carbonyl (C=O) groups is 3. The Morgan fingerprint density at radius 2 is 1.89 bits per heavy atom. The first-order chi connectivity index (χ1) is 17.9. The number of aromatic nitrogens is 1. The van der Waals surface area contributed by atoms with Crippen molar-refractivity contribution in [3.63, 3.8) is 0 Å². The van der Waals surface area contributed by atoms with E-state index in [0.29, 0.717) is 37.2 Å². The maximum absolute atomic E-state index is 12.9. The Kier molecular flexibility index (Phi) is 8.73. The highest BCUT2D eigenvalue weighted by molar-refractivity contribution is 9.10. The van der Waals surface area contributed by atoms with Crippen LogP contribution < -0.4 is 15.4 Å². The molecule has 1 aliphatic rings. The lowest BCUT2D eigenvalue weighted by Crippen LogP contribution is -2.45. The van der Waals surface area contributed by atoms with Crippen LogP contribution >= 0.6 is 15.9 Å². The molecule has 194 valence electrons. The number of methoxy groups -OCH3 is 2. The third-order valence-electron chi connectivity index (χ3n) is 6.40. The van der Waals surface area contributed by atoms with E-state index >= 15 is 0 Å². The van der Waals surface area contributed by atoms with Crippen LogP contribution in [0.2, 0.25) is 0 Å². The maximum Gasteiger partial charge on any atom is 0.333 e. The molecule has 37 heavy (non-hydrogen) atoms. The van der Waals surface area contributed by atoms with Crippen molar-refractivity contribution in [3.05, 3.63) is 64.8 Å². The number of hydrogen-bond acceptors (Lipinski definition) is 7. The minimum absolute atomic E-state index is 0.0200. The van der Waals surface area contributed by atoms with Crippen LogP contribution in [0.4, 0.5) is 5.69 Å². The molecule has 1 aromatic heterocycles. The number of likely N-dealkylation sites (tertiary alicyclic amines) is 1. The highest BCUT2D eigenvalue weighted by atomic mass is 79.9. The fraction of sp³-hybridized carbons (Fsp3) is 0.333. The standard InChI is InChI=1S/C27H29BrN4O5/c1-36-22-6-7-23-18(13-22)12-19(15-29-23)25(27(35)37-2)31-24(33)16-32-10-8-17(9-11-32)26(34)30-21-5-3-4-20(28)14-21/h3-7,12-15,17,25H,8-11,16H2,1-2H3,(H,30,34)(H,31,33). The number of amides is 2. The Hall–Kier alpha value is -3.50. The van der Waals surface area contributed by atoms with Crippen molar-refractivity contribution in [1.82, 2.24) is 15.2 Å². The molecular weight excluding hydrogens is 540 g/mol. The molecule has 2 aromatic carbocycles. The van der Waals surface area contributed by atoms with Gasteiger partial charge in [-0.1, -0.05) is 22.0 Å². The van der Waals surface area contributed by atoms with Crippen LogP contribution in [-0.2, 0) is 19.1 Å². The lowest BCUT2D eigenvalue weighted by molar-refractivity contribution is -0.145. The third-order valence-corrected chi connectivity index (χ3v) is 6.90. The zero-order valence-electron chi connectivity index (χ0n) is 20.7. The third kappa shape index (κ3) is 6.84. The smallest absolute Gasteiger partial charge is 0.333 e. The molecule has 2 N–H and O–H groups in total. The first-order valence-corrected chi connectivity index (χ1v) is 12.7. The molecule has 4 rings (SSSR count). The van der Waals surface area contributed by atoms with Gasteiger partial charge in [-0.3, -0.25) is 19.5 Å². The van der Waals surface area contributed by atoms with E-state index < -0.39 is 12.0 Å². The molecule has 1 aliphatic heterocycles. The number of piperidine rings is 1. The lowest BCUT2D eigenvalue weighted by atomic mass is 9.95. The van der Waals surface area contributed by atoms with Gasteiger partial charge in [-0.25, -0.2) is 4.79 Å². The van der Waals surface area contributed by atoms with Gasteiger partial charge in [-0.05, 0) is 68.4 Å². The monoisotopic (exact) mass is 568 g/mol. The van der Waals surface area contributed by atoms with Crippen LogP contribution in [0.1, 0.15) is 24.4 Å². The SMILES string of the molecule is COC(=O)C(NC(=O)CN1CCC(C(=O)Nc2cccc(Br)c2)CC1)c1cnc2ccc(OC)cc2c1. The minimum Gasteiger partial charge on any atom is -0.497 e. The summed E-state index contributed by atoms with van der Waals surface area (Å²) in [4.78, 5) is 44.5. The zero-order chi connectivity index (χ0) is 26.4. The Balaban J connectivity index is 1.34. The highest BCUT2D eigenvalue weighted by Gasteiger charge is 2.28. The molecule has 1 unspecified atom stereocenters. The van der Waals surface area contributed by atoms with Gasteiger partial charge < -0.3 is 20.1 Å². The van der Waals surface area contributed by atoms with Crippen molar-refractivity contribution in [2.45, 2.75) is 18.9 Å². The average molecular weight is 569 g/mol. The number of halogens is 1. The van der Waals surface area contributed by atoms with Crippen molar-refractivity contribution in [3.8, 4) is 5.75 Å². The van der Waals surface area contributed by atoms with Crippen molar-refractivity contribution in [1.29, 1.82) is 0 Å². The second-order valence-electron chi connectivity index (χ2n) is 8.90. The summed E-state index contributed by atoms with van der Waals surface area (Å²) < 4.78 is 11.1. The van der Waals surface area contributed by atoms with Gasteiger partial charge in [-0.2, -0.15) is 0 Å². The Morgan fingerprint density at radius 3 is 2.59 bits per heavy atom. The summed E-state index contributed by atoms with van der Waals surface area (Å²) in [7, 11) is 2.86. The molecular formula is C27H29BrN4O5. The Labute approximate surface area is 223 Å². The topological polar surface area (TPSA) is 110 Å². The van der Waals surface area contributed by atoms with E-state index in [9.17, 15) is 14.4 Å². The van der Waals surface area contributed by atoms with Crippen molar-refractivity contribution in [2.24, 2.45) is 5.92 Å². The normalized spacial score (nSPS) is 15.1. The van der Waals surface area contributed by atoms with Crippen molar-refractivity contribution < 1.29 is 23.9 Å². The number of pyridine rings is 1. The van der Waals surface area contributed by atoms with Gasteiger partial charge in [-0.15, -0.1) is 0 Å². The second kappa shape index (κ2) is 12.2. The van der Waals surface area contributed by atoms with E-state index in [1.54, 1.807) is 19.4 Å². The summed E-state index contributed by atoms with van der Waals surface area (Å²) in [6.07, 6.45) is 2.85. The molecule has 1 fully saturated rings. The summed E-state index contributed by atoms with van der Waals surface area (Å²) in [6, 6.07) is 13.7. The number of carbonyl (C=O) groups excluding carboxylic acids is 3. The van der Waals surface area contributed by atoms with E-state index in [0.717, 1.165) is 21.1 Å². The van der Waals surface area contributed by atoms with Crippen LogP contribution in [0.25, 0.3) is 10.9 Å². The predicted octanol–water partition coefficient (Wildman–Crippen LogP) is 3.69. The fourth-order valence-corrected chi connectivity index (χ4v) is 4.78. The number of fused-ring (bicyclic) bond motifs is 1. The van der Waals surface area contributed by atoms with E-state index in [4.69, 9.17) is 9.47 Å². The van der Waals surface area contributed by atoms with Gasteiger partial charge in [0.25, 0.3) is 0 Å². The number of ether oxygens (including phenoxy) is 2. The zero-order valence-corrected chi connectivity index (χ0v) is 22.3. The maximum atomic E-state index is 12.9. The van der Waals surface area contributed by atoms with Gasteiger partial charge >= 0.3 is 5.97 Å². The number of nitrogens with zero attached hydrogens (tertiary/aromatic N) is 2. The van der Waals surface area contributed by atoms with Crippen LogP contribution in [0, 0.1) is 5.92 Å². The van der Waals surface area contributed by atoms with E-state index in [1.807, 2.05) is 47.4 Å². The number of rotatable bonds is 8. The number of esters is 1. The minimum atomic E-state index is -0.992. The number of benzene rings is 2. The van der Waals surface area contributed by atoms with Crippen LogP contribution in [0.15, 0.2) is 59.2 Å². The molecule has 0 bridgehead atoms. The van der Waals surface area contributed by atoms with Gasteiger partial charge in [0.05, 0.1) is 26.3 Å². The number of hydrogen-bond donors (Lipinski definition) is 2. The molecule has 9 nitrogen and oxygen atoms in total. The second-order valence-corrected chi connectivity index (χ2v) is 9.82. The molecule has 10 heteroatoms. The predicted molar refractivity (Wildman–Crippen MR) is 143 cm³/mol. The molecule has 3 aromatic rings. The molecule has 0 aliphatic carbocycles. The molecule has 0 saturated carbocycles. The first kappa shape index (κ1) is 26.6. The summed E-state index contributed by atoms with van der Waals surface area (Å²) in [5.41, 5.74) is 2.01. The summed E-state index contributed by atoms with van der Waals surface area (Å²) in [6.45, 7) is 1.32. The van der Waals surface area contributed by atoms with Crippen LogP contribution in [0.5, 0.6) is 5.75 Å². The number of nitrogens with one attached hydrogen (secondary N) is 2. The van der Waals surface area contributed by atoms with Crippen LogP contribution in [0.3, 0.4) is 0 Å². The Bertz CT molecular complexity index is 1290. The van der Waals surface area contributed by atoms with E-state index in [-0.39, 0.29) is 24.3 Å². The van der Waals surface area contributed by atoms with Gasteiger partial charge in [0.1, 0.15) is 5.75 Å². The largest absolute Gasteiger partial charge is 0.497 e. The lowest BCUT2D eigenvalue weighted by Gasteiger charge is -2.31. The quantitative estimate of drug-likeness (QED) is 0.399. The van der Waals surface area contributed by atoms with Gasteiger partial charge in [0, 0.05) is 33.2 Å². The highest BCUT2D eigenvalue weighted by Crippen LogP contribution is 2.24. The summed E-state index contributed by atoms with van der Waals surface area (Å²) >= 11 is 3.41. The first-order valence-electron chi connectivity index (χ1n) is 12.0. The average Bonchev–Trinajstić information content (AvgIpc) is 2.91. The van der Waals surface area contributed by atoms with Crippen molar-refractivity contribution in [2.75, 3.05) is 39.2 Å². The molecule has 2 amide bonds. The summed E-state index contributed by atoms with van der Waals surface area (Å²) in [5.74, 6) is -0.368. The molecule has 1 saturated heterocycles. The number of anilines is 1. The Morgan fingerprint density at radius 1 is 1.11 bits per heavy atom. The molecule has 2 heterocycles. The molecule has 0 spiro atoms. The van der Waals surface area contributed by atoms with Gasteiger partial charge in [0.2, 0.25) is 11.8 Å². The van der Waals surface area contributed by atoms with Crippen LogP contribution in [-0.4, -0.2) is 61.5 Å². The van der Waals surface area contributed by atoms with Crippen molar-refractivity contribution >= 4 is 50.3 Å². The fourth-order valence-electron chi connectivity index (χ4n) is 4.38. The van der Waals surface area contributed by atoms with E-state index in [1.165, 1.54) is 7.11 Å². The van der Waals surface area contributed by atoms with Gasteiger partial charge in [0.15, 0.2) is 6.04 Å². The molecule has 0 radical (unpaired) electrons. The molecule has 1 atom stereocenters.